The van der Waals surface area contributed by atoms with Gasteiger partial charge in [-0.2, -0.15) is 0 Å². The Morgan fingerprint density at radius 3 is 2.68 bits per heavy atom. The molecule has 2 heterocycles. The SMILES string of the molecule is COc1ccc([C@H]2Cn3nnc(C(=O)NCc4ccc(C)cc4)c3CO2)cc1. The maximum absolute atomic E-state index is 12.5. The summed E-state index contributed by atoms with van der Waals surface area (Å²) in [7, 11) is 1.64. The van der Waals surface area contributed by atoms with Gasteiger partial charge in [0, 0.05) is 6.54 Å². The Morgan fingerprint density at radius 1 is 1.21 bits per heavy atom. The molecule has 1 aliphatic rings. The van der Waals surface area contributed by atoms with Crippen LogP contribution in [0.25, 0.3) is 0 Å². The van der Waals surface area contributed by atoms with Crippen LogP contribution in [0.3, 0.4) is 0 Å². The topological polar surface area (TPSA) is 78.3 Å². The first-order chi connectivity index (χ1) is 13.6. The number of benzene rings is 2. The van der Waals surface area contributed by atoms with Gasteiger partial charge in [0.1, 0.15) is 11.9 Å². The Labute approximate surface area is 163 Å². The first-order valence-electron chi connectivity index (χ1n) is 9.15. The van der Waals surface area contributed by atoms with E-state index in [-0.39, 0.29) is 18.6 Å². The Morgan fingerprint density at radius 2 is 1.96 bits per heavy atom. The van der Waals surface area contributed by atoms with Crippen molar-refractivity contribution < 1.29 is 14.3 Å². The highest BCUT2D eigenvalue weighted by Crippen LogP contribution is 2.28. The Hall–Kier alpha value is -3.19. The van der Waals surface area contributed by atoms with Crippen LogP contribution in [-0.4, -0.2) is 28.0 Å². The van der Waals surface area contributed by atoms with Gasteiger partial charge in [0.2, 0.25) is 0 Å². The van der Waals surface area contributed by atoms with Gasteiger partial charge in [0.15, 0.2) is 5.69 Å². The molecule has 1 amide bonds. The van der Waals surface area contributed by atoms with Gasteiger partial charge in [0.05, 0.1) is 26.0 Å². The number of carbonyl (C=O) groups is 1. The van der Waals surface area contributed by atoms with Gasteiger partial charge in [0.25, 0.3) is 5.91 Å². The summed E-state index contributed by atoms with van der Waals surface area (Å²) in [6.07, 6.45) is -0.136. The Kier molecular flexibility index (Phi) is 5.08. The number of rotatable bonds is 5. The van der Waals surface area contributed by atoms with E-state index in [0.29, 0.717) is 24.5 Å². The van der Waals surface area contributed by atoms with Crippen LogP contribution >= 0.6 is 0 Å². The van der Waals surface area contributed by atoms with E-state index in [0.717, 1.165) is 16.9 Å². The van der Waals surface area contributed by atoms with Crippen molar-refractivity contribution in [1.82, 2.24) is 20.3 Å². The normalized spacial score (nSPS) is 15.7. The van der Waals surface area contributed by atoms with Crippen molar-refractivity contribution in [2.24, 2.45) is 0 Å². The average Bonchev–Trinajstić information content (AvgIpc) is 3.16. The second-order valence-corrected chi connectivity index (χ2v) is 6.81. The summed E-state index contributed by atoms with van der Waals surface area (Å²) >= 11 is 0. The molecule has 0 saturated carbocycles. The van der Waals surface area contributed by atoms with Crippen molar-refractivity contribution in [1.29, 1.82) is 0 Å². The highest BCUT2D eigenvalue weighted by atomic mass is 16.5. The quantitative estimate of drug-likeness (QED) is 0.739. The van der Waals surface area contributed by atoms with Gasteiger partial charge >= 0.3 is 0 Å². The predicted molar refractivity (Wildman–Crippen MR) is 103 cm³/mol. The van der Waals surface area contributed by atoms with E-state index in [1.165, 1.54) is 5.56 Å². The first-order valence-corrected chi connectivity index (χ1v) is 9.15. The number of hydrogen-bond acceptors (Lipinski definition) is 5. The molecule has 7 heteroatoms. The van der Waals surface area contributed by atoms with Crippen molar-refractivity contribution >= 4 is 5.91 Å². The third-order valence-electron chi connectivity index (χ3n) is 4.87. The number of aromatic nitrogens is 3. The van der Waals surface area contributed by atoms with Crippen molar-refractivity contribution in [3.63, 3.8) is 0 Å². The predicted octanol–water partition coefficient (Wildman–Crippen LogP) is 2.80. The van der Waals surface area contributed by atoms with Crippen LogP contribution in [0.4, 0.5) is 0 Å². The molecule has 1 aliphatic heterocycles. The summed E-state index contributed by atoms with van der Waals surface area (Å²) < 4.78 is 12.9. The van der Waals surface area contributed by atoms with E-state index in [1.807, 2.05) is 55.5 Å². The number of hydrogen-bond donors (Lipinski definition) is 1. The van der Waals surface area contributed by atoms with Crippen LogP contribution in [0.2, 0.25) is 0 Å². The molecule has 0 aliphatic carbocycles. The van der Waals surface area contributed by atoms with E-state index in [9.17, 15) is 4.79 Å². The van der Waals surface area contributed by atoms with Crippen LogP contribution in [0.5, 0.6) is 5.75 Å². The number of aryl methyl sites for hydroxylation is 1. The number of methoxy groups -OCH3 is 1. The van der Waals surface area contributed by atoms with Gasteiger partial charge in [-0.1, -0.05) is 47.2 Å². The smallest absolute Gasteiger partial charge is 0.274 e. The molecule has 144 valence electrons. The van der Waals surface area contributed by atoms with Crippen LogP contribution in [0, 0.1) is 6.92 Å². The number of fused-ring (bicyclic) bond motifs is 1. The molecule has 3 aromatic rings. The minimum absolute atomic E-state index is 0.136. The Balaban J connectivity index is 1.42. The number of nitrogens with zero attached hydrogens (tertiary/aromatic N) is 3. The Bertz CT molecular complexity index is 964. The second-order valence-electron chi connectivity index (χ2n) is 6.81. The zero-order chi connectivity index (χ0) is 19.5. The van der Waals surface area contributed by atoms with Gasteiger partial charge in [-0.25, -0.2) is 4.68 Å². The molecule has 2 aromatic carbocycles. The molecule has 0 radical (unpaired) electrons. The molecular weight excluding hydrogens is 356 g/mol. The van der Waals surface area contributed by atoms with Gasteiger partial charge in [-0.05, 0) is 30.2 Å². The van der Waals surface area contributed by atoms with E-state index < -0.39 is 0 Å². The number of carbonyl (C=O) groups excluding carboxylic acids is 1. The molecule has 0 bridgehead atoms. The van der Waals surface area contributed by atoms with Crippen molar-refractivity contribution in [3.8, 4) is 5.75 Å². The fourth-order valence-electron chi connectivity index (χ4n) is 3.18. The summed E-state index contributed by atoms with van der Waals surface area (Å²) in [5.74, 6) is 0.557. The molecule has 1 aromatic heterocycles. The summed E-state index contributed by atoms with van der Waals surface area (Å²) in [5.41, 5.74) is 4.28. The summed E-state index contributed by atoms with van der Waals surface area (Å²) in [4.78, 5) is 12.5. The van der Waals surface area contributed by atoms with Crippen LogP contribution < -0.4 is 10.1 Å². The molecule has 1 atom stereocenters. The molecule has 0 fully saturated rings. The maximum Gasteiger partial charge on any atom is 0.274 e. The lowest BCUT2D eigenvalue weighted by molar-refractivity contribution is -0.00179. The minimum Gasteiger partial charge on any atom is -0.497 e. The lowest BCUT2D eigenvalue weighted by Crippen LogP contribution is -2.27. The van der Waals surface area contributed by atoms with E-state index in [2.05, 4.69) is 15.6 Å². The highest BCUT2D eigenvalue weighted by molar-refractivity contribution is 5.93. The third kappa shape index (κ3) is 3.75. The highest BCUT2D eigenvalue weighted by Gasteiger charge is 2.27. The van der Waals surface area contributed by atoms with E-state index in [4.69, 9.17) is 9.47 Å². The maximum atomic E-state index is 12.5. The van der Waals surface area contributed by atoms with Crippen molar-refractivity contribution in [2.75, 3.05) is 7.11 Å². The molecule has 0 saturated heterocycles. The third-order valence-corrected chi connectivity index (χ3v) is 4.87. The van der Waals surface area contributed by atoms with Crippen LogP contribution in [0.1, 0.15) is 39.0 Å². The van der Waals surface area contributed by atoms with Crippen molar-refractivity contribution in [3.05, 3.63) is 76.6 Å². The van der Waals surface area contributed by atoms with Crippen LogP contribution in [0.15, 0.2) is 48.5 Å². The monoisotopic (exact) mass is 378 g/mol. The molecule has 0 unspecified atom stereocenters. The van der Waals surface area contributed by atoms with E-state index >= 15 is 0 Å². The first kappa shape index (κ1) is 18.2. The largest absolute Gasteiger partial charge is 0.497 e. The fraction of sp³-hybridized carbons (Fsp3) is 0.286. The molecule has 7 nitrogen and oxygen atoms in total. The number of amides is 1. The number of ether oxygens (including phenoxy) is 2. The molecule has 4 rings (SSSR count). The molecular formula is C21H22N4O3. The summed E-state index contributed by atoms with van der Waals surface area (Å²) in [6.45, 7) is 3.28. The zero-order valence-electron chi connectivity index (χ0n) is 15.9. The van der Waals surface area contributed by atoms with Gasteiger partial charge in [-0.15, -0.1) is 5.10 Å². The second kappa shape index (κ2) is 7.82. The molecule has 1 N–H and O–H groups in total. The summed E-state index contributed by atoms with van der Waals surface area (Å²) in [5, 5.41) is 11.1. The van der Waals surface area contributed by atoms with Gasteiger partial charge in [-0.3, -0.25) is 4.79 Å². The lowest BCUT2D eigenvalue weighted by atomic mass is 10.1. The minimum atomic E-state index is -0.242. The van der Waals surface area contributed by atoms with E-state index in [1.54, 1.807) is 11.8 Å². The van der Waals surface area contributed by atoms with Crippen LogP contribution in [-0.2, 0) is 24.4 Å². The zero-order valence-corrected chi connectivity index (χ0v) is 15.9. The molecule has 28 heavy (non-hydrogen) atoms. The molecule has 0 spiro atoms. The fourth-order valence-corrected chi connectivity index (χ4v) is 3.18. The van der Waals surface area contributed by atoms with Crippen molar-refractivity contribution in [2.45, 2.75) is 32.7 Å². The van der Waals surface area contributed by atoms with Gasteiger partial charge < -0.3 is 14.8 Å². The average molecular weight is 378 g/mol. The summed E-state index contributed by atoms with van der Waals surface area (Å²) in [6, 6.07) is 15.8. The standard InChI is InChI=1S/C21H22N4O3/c1-14-3-5-15(6-4-14)11-22-21(26)20-18-13-28-19(12-25(18)24-23-20)16-7-9-17(27-2)10-8-16/h3-10,19H,11-13H2,1-2H3,(H,22,26)/t19-/m1/s1. The lowest BCUT2D eigenvalue weighted by Gasteiger charge is -2.24. The number of nitrogens with one attached hydrogen (secondary N) is 1.